The van der Waals surface area contributed by atoms with E-state index in [2.05, 4.69) is 0 Å². The number of anilines is 1. The minimum atomic E-state index is -0.515. The molecule has 5 aromatic rings. The summed E-state index contributed by atoms with van der Waals surface area (Å²) in [6.45, 7) is 2.04. The van der Waals surface area contributed by atoms with Crippen LogP contribution in [0.1, 0.15) is 29.2 Å². The molecule has 0 unspecified atom stereocenters. The highest BCUT2D eigenvalue weighted by atomic mass is 35.5. The van der Waals surface area contributed by atoms with Gasteiger partial charge in [-0.15, -0.1) is 0 Å². The average molecular weight is 527 g/mol. The molecule has 0 fully saturated rings. The first-order chi connectivity index (χ1) is 18.0. The summed E-state index contributed by atoms with van der Waals surface area (Å²) in [5, 5.41) is 8.38. The quantitative estimate of drug-likeness (QED) is 0.236. The van der Waals surface area contributed by atoms with Crippen molar-refractivity contribution in [2.75, 3.05) is 5.01 Å². The van der Waals surface area contributed by atoms with E-state index in [0.29, 0.717) is 33.5 Å². The average Bonchev–Trinajstić information content (AvgIpc) is 3.34. The molecule has 0 amide bonds. The molecule has 4 nitrogen and oxygen atoms in total. The maximum Gasteiger partial charge on any atom is 0.247 e. The van der Waals surface area contributed by atoms with Gasteiger partial charge in [0.25, 0.3) is 0 Å². The number of halogens is 3. The molecule has 0 radical (unpaired) electrons. The van der Waals surface area contributed by atoms with E-state index >= 15 is 4.39 Å². The van der Waals surface area contributed by atoms with Crippen molar-refractivity contribution in [2.24, 2.45) is 5.10 Å². The molecule has 6 rings (SSSR count). The smallest absolute Gasteiger partial charge is 0.223 e. The van der Waals surface area contributed by atoms with E-state index in [4.69, 9.17) is 38.3 Å². The lowest BCUT2D eigenvalue weighted by atomic mass is 9.97. The van der Waals surface area contributed by atoms with Gasteiger partial charge >= 0.3 is 0 Å². The molecule has 1 aliphatic heterocycles. The molecule has 0 spiro atoms. The minimum absolute atomic E-state index is 0.339. The van der Waals surface area contributed by atoms with Crippen LogP contribution in [0.4, 0.5) is 10.3 Å². The molecule has 0 aliphatic carbocycles. The third kappa shape index (κ3) is 4.45. The van der Waals surface area contributed by atoms with Crippen LogP contribution in [0.2, 0.25) is 10.0 Å². The molecule has 0 saturated heterocycles. The Morgan fingerprint density at radius 1 is 0.838 bits per heavy atom. The van der Waals surface area contributed by atoms with Crippen molar-refractivity contribution >= 4 is 45.8 Å². The third-order valence-corrected chi connectivity index (χ3v) is 7.09. The second-order valence-electron chi connectivity index (χ2n) is 9.01. The fraction of sp³-hybridized carbons (Fsp3) is 0.100. The number of fused-ring (bicyclic) bond motifs is 1. The van der Waals surface area contributed by atoms with Crippen LogP contribution in [-0.2, 0) is 0 Å². The van der Waals surface area contributed by atoms with Gasteiger partial charge in [0.1, 0.15) is 5.82 Å². The highest BCUT2D eigenvalue weighted by Gasteiger charge is 2.35. The fourth-order valence-corrected chi connectivity index (χ4v) is 5.14. The van der Waals surface area contributed by atoms with Crippen molar-refractivity contribution < 1.29 is 4.39 Å². The summed E-state index contributed by atoms with van der Waals surface area (Å²) in [5.41, 5.74) is 5.65. The lowest BCUT2D eigenvalue weighted by molar-refractivity contribution is 0.576. The van der Waals surface area contributed by atoms with Gasteiger partial charge in [-0.05, 0) is 42.8 Å². The molecule has 37 heavy (non-hydrogen) atoms. The van der Waals surface area contributed by atoms with Gasteiger partial charge in [0.05, 0.1) is 23.0 Å². The van der Waals surface area contributed by atoms with Crippen LogP contribution in [-0.4, -0.2) is 15.7 Å². The largest absolute Gasteiger partial charge is 0.247 e. The first-order valence-electron chi connectivity index (χ1n) is 11.9. The van der Waals surface area contributed by atoms with Crippen molar-refractivity contribution in [3.63, 3.8) is 0 Å². The topological polar surface area (TPSA) is 41.4 Å². The number of hydrazone groups is 1. The highest BCUT2D eigenvalue weighted by molar-refractivity contribution is 6.31. The number of hydrogen-bond acceptors (Lipinski definition) is 4. The van der Waals surface area contributed by atoms with E-state index in [1.807, 2.05) is 73.7 Å². The van der Waals surface area contributed by atoms with Crippen LogP contribution >= 0.6 is 23.2 Å². The van der Waals surface area contributed by atoms with Gasteiger partial charge in [-0.25, -0.2) is 19.4 Å². The molecular formula is C30H21Cl2FN4. The monoisotopic (exact) mass is 526 g/mol. The molecular weight excluding hydrogens is 506 g/mol. The summed E-state index contributed by atoms with van der Waals surface area (Å²) < 4.78 is 15.2. The van der Waals surface area contributed by atoms with Crippen LogP contribution < -0.4 is 5.01 Å². The fourth-order valence-electron chi connectivity index (χ4n) is 4.68. The zero-order valence-electron chi connectivity index (χ0n) is 19.9. The minimum Gasteiger partial charge on any atom is -0.223 e. The molecule has 1 aliphatic rings. The molecule has 0 N–H and O–H groups in total. The van der Waals surface area contributed by atoms with Crippen LogP contribution in [0.5, 0.6) is 0 Å². The van der Waals surface area contributed by atoms with Gasteiger partial charge in [-0.2, -0.15) is 5.10 Å². The molecule has 0 saturated carbocycles. The van der Waals surface area contributed by atoms with E-state index in [9.17, 15) is 0 Å². The van der Waals surface area contributed by atoms with E-state index < -0.39 is 11.9 Å². The van der Waals surface area contributed by atoms with Gasteiger partial charge in [-0.1, -0.05) is 89.4 Å². The van der Waals surface area contributed by atoms with Crippen molar-refractivity contribution in [1.82, 2.24) is 9.97 Å². The number of hydrogen-bond donors (Lipinski definition) is 0. The molecule has 7 heteroatoms. The van der Waals surface area contributed by atoms with E-state index in [1.54, 1.807) is 23.2 Å². The van der Waals surface area contributed by atoms with E-state index in [-0.39, 0.29) is 0 Å². The van der Waals surface area contributed by atoms with E-state index in [0.717, 1.165) is 33.5 Å². The Morgan fingerprint density at radius 3 is 2.38 bits per heavy atom. The summed E-state index contributed by atoms with van der Waals surface area (Å²) in [5.74, 6) is -0.0289. The van der Waals surface area contributed by atoms with Gasteiger partial charge < -0.3 is 0 Å². The van der Waals surface area contributed by atoms with Crippen molar-refractivity contribution in [1.29, 1.82) is 0 Å². The zero-order chi connectivity index (χ0) is 25.5. The first-order valence-corrected chi connectivity index (χ1v) is 12.6. The standard InChI is InChI=1S/C30H21Cl2FN4/c1-18-10-12-19(13-11-18)26-17-27(28-23(32)8-5-9-24(28)33)37(36-26)30-34-25-15-14-21(31)16-22(25)29(35-30)20-6-3-2-4-7-20/h2-16,27H,17H2,1H3/t27-/m0/s1. The van der Waals surface area contributed by atoms with Crippen LogP contribution in [0.25, 0.3) is 22.2 Å². The zero-order valence-corrected chi connectivity index (χ0v) is 21.4. The lowest BCUT2D eigenvalue weighted by Gasteiger charge is -2.24. The van der Waals surface area contributed by atoms with Gasteiger partial charge in [0.15, 0.2) is 0 Å². The Bertz CT molecular complexity index is 1630. The number of aromatic nitrogens is 2. The Balaban J connectivity index is 1.57. The Hall–Kier alpha value is -3.80. The molecule has 0 bridgehead atoms. The van der Waals surface area contributed by atoms with Crippen LogP contribution in [0, 0.1) is 12.7 Å². The molecule has 1 atom stereocenters. The summed E-state index contributed by atoms with van der Waals surface area (Å²) in [7, 11) is 0. The predicted octanol–water partition coefficient (Wildman–Crippen LogP) is 8.41. The normalized spacial score (nSPS) is 15.3. The SMILES string of the molecule is Cc1ccc(C2=NN(c3nc(-c4ccccc4)c4cc(Cl)ccc4n3)[C@H](c3c(F)cccc3Cl)C2)cc1. The Labute approximate surface area is 224 Å². The van der Waals surface area contributed by atoms with Crippen molar-refractivity contribution in [3.8, 4) is 11.3 Å². The van der Waals surface area contributed by atoms with Crippen LogP contribution in [0.3, 0.4) is 0 Å². The van der Waals surface area contributed by atoms with E-state index in [1.165, 1.54) is 6.07 Å². The maximum absolute atomic E-state index is 15.2. The Kier molecular flexibility index (Phi) is 6.11. The van der Waals surface area contributed by atoms with Gasteiger partial charge in [0.2, 0.25) is 5.95 Å². The predicted molar refractivity (Wildman–Crippen MR) is 149 cm³/mol. The third-order valence-electron chi connectivity index (χ3n) is 6.53. The molecule has 1 aromatic heterocycles. The summed E-state index contributed by atoms with van der Waals surface area (Å²) >= 11 is 12.9. The second kappa shape index (κ2) is 9.58. The number of nitrogens with zero attached hydrogens (tertiary/aromatic N) is 4. The van der Waals surface area contributed by atoms with Gasteiger partial charge in [0, 0.05) is 33.0 Å². The maximum atomic E-state index is 15.2. The number of rotatable bonds is 4. The van der Waals surface area contributed by atoms with Crippen molar-refractivity contribution in [3.05, 3.63) is 124 Å². The summed E-state index contributed by atoms with van der Waals surface area (Å²) in [4.78, 5) is 9.80. The number of benzene rings is 4. The van der Waals surface area contributed by atoms with Gasteiger partial charge in [-0.3, -0.25) is 0 Å². The lowest BCUT2D eigenvalue weighted by Crippen LogP contribution is -2.22. The number of aryl methyl sites for hydroxylation is 1. The molecule has 4 aromatic carbocycles. The summed E-state index contributed by atoms with van der Waals surface area (Å²) in [6.07, 6.45) is 0.451. The molecule has 2 heterocycles. The first kappa shape index (κ1) is 23.6. The Morgan fingerprint density at radius 2 is 1.62 bits per heavy atom. The van der Waals surface area contributed by atoms with Crippen molar-refractivity contribution in [2.45, 2.75) is 19.4 Å². The van der Waals surface area contributed by atoms with Crippen LogP contribution in [0.15, 0.2) is 96.1 Å². The summed E-state index contributed by atoms with van der Waals surface area (Å²) in [6, 6.07) is 27.7. The highest BCUT2D eigenvalue weighted by Crippen LogP contribution is 2.41. The molecule has 182 valence electrons. The second-order valence-corrected chi connectivity index (χ2v) is 9.86.